The van der Waals surface area contributed by atoms with Crippen LogP contribution in [-0.2, 0) is 16.0 Å². The summed E-state index contributed by atoms with van der Waals surface area (Å²) >= 11 is 2.26. The molecule has 1 aromatic carbocycles. The maximum Gasteiger partial charge on any atom is 0.322 e. The van der Waals surface area contributed by atoms with Gasteiger partial charge in [0.1, 0.15) is 6.04 Å². The molecular weight excluding hydrogens is 331 g/mol. The number of halogens is 1. The number of benzene rings is 1. The third-order valence-electron chi connectivity index (χ3n) is 2.67. The summed E-state index contributed by atoms with van der Waals surface area (Å²) in [5.41, 5.74) is 7.85. The SMILES string of the molecule is COC(=O)C(N)Cc1c[nH]c2ccc(I)cc12. The van der Waals surface area contributed by atoms with Crippen LogP contribution in [0.15, 0.2) is 24.4 Å². The van der Waals surface area contributed by atoms with Crippen molar-refractivity contribution in [3.63, 3.8) is 0 Å². The van der Waals surface area contributed by atoms with E-state index in [1.54, 1.807) is 0 Å². The molecule has 0 amide bonds. The molecule has 1 aromatic heterocycles. The average molecular weight is 344 g/mol. The number of carbonyl (C=O) groups excluding carboxylic acids is 1. The Bertz CT molecular complexity index is 550. The number of aromatic amines is 1. The van der Waals surface area contributed by atoms with Crippen LogP contribution in [-0.4, -0.2) is 24.1 Å². The Morgan fingerprint density at radius 3 is 3.06 bits per heavy atom. The van der Waals surface area contributed by atoms with E-state index in [0.29, 0.717) is 6.42 Å². The second-order valence-electron chi connectivity index (χ2n) is 3.84. The van der Waals surface area contributed by atoms with Crippen molar-refractivity contribution in [1.29, 1.82) is 0 Å². The molecule has 4 nitrogen and oxygen atoms in total. The smallest absolute Gasteiger partial charge is 0.322 e. The van der Waals surface area contributed by atoms with Crippen molar-refractivity contribution in [2.24, 2.45) is 5.73 Å². The monoisotopic (exact) mass is 344 g/mol. The van der Waals surface area contributed by atoms with Gasteiger partial charge in [0.2, 0.25) is 0 Å². The molecule has 5 heteroatoms. The fraction of sp³-hybridized carbons (Fsp3) is 0.250. The normalized spacial score (nSPS) is 12.6. The predicted octanol–water partition coefficient (Wildman–Crippen LogP) is 1.82. The van der Waals surface area contributed by atoms with Crippen LogP contribution in [0.3, 0.4) is 0 Å². The zero-order chi connectivity index (χ0) is 12.4. The van der Waals surface area contributed by atoms with Gasteiger partial charge >= 0.3 is 5.97 Å². The molecule has 1 atom stereocenters. The number of fused-ring (bicyclic) bond motifs is 1. The van der Waals surface area contributed by atoms with Crippen LogP contribution in [0.2, 0.25) is 0 Å². The van der Waals surface area contributed by atoms with Crippen LogP contribution < -0.4 is 5.73 Å². The van der Waals surface area contributed by atoms with E-state index in [4.69, 9.17) is 5.73 Å². The molecule has 0 fully saturated rings. The number of rotatable bonds is 3. The van der Waals surface area contributed by atoms with Crippen LogP contribution in [0.4, 0.5) is 0 Å². The highest BCUT2D eigenvalue weighted by atomic mass is 127. The van der Waals surface area contributed by atoms with Crippen molar-refractivity contribution in [3.8, 4) is 0 Å². The number of hydrogen-bond acceptors (Lipinski definition) is 3. The molecule has 0 saturated heterocycles. The van der Waals surface area contributed by atoms with Gasteiger partial charge in [-0.25, -0.2) is 0 Å². The van der Waals surface area contributed by atoms with Crippen LogP contribution in [0, 0.1) is 3.57 Å². The van der Waals surface area contributed by atoms with Gasteiger partial charge in [-0.3, -0.25) is 4.79 Å². The molecule has 0 aliphatic rings. The molecule has 1 heterocycles. The summed E-state index contributed by atoms with van der Waals surface area (Å²) in [5.74, 6) is -0.384. The molecule has 0 aliphatic heterocycles. The number of esters is 1. The minimum atomic E-state index is -0.614. The molecule has 3 N–H and O–H groups in total. The summed E-state index contributed by atoms with van der Waals surface area (Å²) in [5, 5.41) is 1.11. The molecule has 90 valence electrons. The quantitative estimate of drug-likeness (QED) is 0.659. The molecule has 2 aromatic rings. The molecule has 0 aliphatic carbocycles. The van der Waals surface area contributed by atoms with Gasteiger partial charge in [-0.05, 0) is 46.4 Å². The van der Waals surface area contributed by atoms with E-state index in [2.05, 4.69) is 38.4 Å². The largest absolute Gasteiger partial charge is 0.468 e. The topological polar surface area (TPSA) is 68.1 Å². The molecule has 0 radical (unpaired) electrons. The summed E-state index contributed by atoms with van der Waals surface area (Å²) in [6.45, 7) is 0. The Morgan fingerprint density at radius 2 is 2.35 bits per heavy atom. The highest BCUT2D eigenvalue weighted by molar-refractivity contribution is 14.1. The van der Waals surface area contributed by atoms with Crippen molar-refractivity contribution in [1.82, 2.24) is 4.98 Å². The zero-order valence-corrected chi connectivity index (χ0v) is 11.5. The number of carbonyl (C=O) groups is 1. The molecule has 0 bridgehead atoms. The van der Waals surface area contributed by atoms with E-state index in [-0.39, 0.29) is 5.97 Å². The Balaban J connectivity index is 2.30. The first-order chi connectivity index (χ1) is 8.11. The highest BCUT2D eigenvalue weighted by Gasteiger charge is 2.16. The number of methoxy groups -OCH3 is 1. The Kier molecular flexibility index (Phi) is 3.68. The second kappa shape index (κ2) is 5.05. The number of nitrogens with two attached hydrogens (primary N) is 1. The lowest BCUT2D eigenvalue weighted by molar-refractivity contribution is -0.142. The van der Waals surface area contributed by atoms with E-state index >= 15 is 0 Å². The molecule has 0 spiro atoms. The molecule has 17 heavy (non-hydrogen) atoms. The fourth-order valence-electron chi connectivity index (χ4n) is 1.79. The number of H-pyrrole nitrogens is 1. The van der Waals surface area contributed by atoms with E-state index < -0.39 is 6.04 Å². The van der Waals surface area contributed by atoms with E-state index in [9.17, 15) is 4.79 Å². The van der Waals surface area contributed by atoms with E-state index in [1.165, 1.54) is 7.11 Å². The number of hydrogen-bond donors (Lipinski definition) is 2. The molecule has 0 saturated carbocycles. The van der Waals surface area contributed by atoms with E-state index in [1.807, 2.05) is 18.3 Å². The van der Waals surface area contributed by atoms with Crippen molar-refractivity contribution in [2.45, 2.75) is 12.5 Å². The van der Waals surface area contributed by atoms with E-state index in [0.717, 1.165) is 20.0 Å². The summed E-state index contributed by atoms with van der Waals surface area (Å²) in [6, 6.07) is 5.51. The first-order valence-electron chi connectivity index (χ1n) is 5.20. The first-order valence-corrected chi connectivity index (χ1v) is 6.28. The molecule has 2 rings (SSSR count). The maximum absolute atomic E-state index is 11.3. The maximum atomic E-state index is 11.3. The van der Waals surface area contributed by atoms with Gasteiger partial charge in [0.15, 0.2) is 0 Å². The Labute approximate surface area is 113 Å². The van der Waals surface area contributed by atoms with Gasteiger partial charge in [0.25, 0.3) is 0 Å². The third kappa shape index (κ3) is 2.61. The minimum absolute atomic E-state index is 0.384. The summed E-state index contributed by atoms with van der Waals surface area (Å²) < 4.78 is 5.78. The summed E-state index contributed by atoms with van der Waals surface area (Å²) in [4.78, 5) is 14.4. The van der Waals surface area contributed by atoms with Crippen LogP contribution in [0.1, 0.15) is 5.56 Å². The lowest BCUT2D eigenvalue weighted by Gasteiger charge is -2.08. The summed E-state index contributed by atoms with van der Waals surface area (Å²) in [6.07, 6.45) is 2.37. The van der Waals surface area contributed by atoms with Crippen molar-refractivity contribution < 1.29 is 9.53 Å². The molecular formula is C12H13IN2O2. The molecule has 1 unspecified atom stereocenters. The lowest BCUT2D eigenvalue weighted by atomic mass is 10.1. The number of ether oxygens (including phenoxy) is 1. The standard InChI is InChI=1S/C12H13IN2O2/c1-17-12(16)10(14)4-7-6-15-11-3-2-8(13)5-9(7)11/h2-3,5-6,10,15H,4,14H2,1H3. The van der Waals surface area contributed by atoms with Gasteiger partial charge in [-0.2, -0.15) is 0 Å². The minimum Gasteiger partial charge on any atom is -0.468 e. The van der Waals surface area contributed by atoms with Crippen molar-refractivity contribution in [3.05, 3.63) is 33.5 Å². The van der Waals surface area contributed by atoms with Crippen molar-refractivity contribution in [2.75, 3.05) is 7.11 Å². The fourth-order valence-corrected chi connectivity index (χ4v) is 2.28. The average Bonchev–Trinajstić information content (AvgIpc) is 2.71. The highest BCUT2D eigenvalue weighted by Crippen LogP contribution is 2.21. The van der Waals surface area contributed by atoms with Crippen LogP contribution in [0.5, 0.6) is 0 Å². The summed E-state index contributed by atoms with van der Waals surface area (Å²) in [7, 11) is 1.35. The predicted molar refractivity (Wildman–Crippen MR) is 74.7 cm³/mol. The van der Waals surface area contributed by atoms with Gasteiger partial charge in [0, 0.05) is 27.1 Å². The Morgan fingerprint density at radius 1 is 1.59 bits per heavy atom. The zero-order valence-electron chi connectivity index (χ0n) is 9.37. The van der Waals surface area contributed by atoms with Crippen LogP contribution in [0.25, 0.3) is 10.9 Å². The second-order valence-corrected chi connectivity index (χ2v) is 5.08. The van der Waals surface area contributed by atoms with Gasteiger partial charge in [-0.1, -0.05) is 0 Å². The van der Waals surface area contributed by atoms with Crippen LogP contribution >= 0.6 is 22.6 Å². The Hall–Kier alpha value is -1.08. The number of aromatic nitrogens is 1. The lowest BCUT2D eigenvalue weighted by Crippen LogP contribution is -2.33. The number of nitrogens with one attached hydrogen (secondary N) is 1. The van der Waals surface area contributed by atoms with Gasteiger partial charge in [-0.15, -0.1) is 0 Å². The van der Waals surface area contributed by atoms with Crippen molar-refractivity contribution >= 4 is 39.5 Å². The first kappa shape index (κ1) is 12.4. The third-order valence-corrected chi connectivity index (χ3v) is 3.34. The van der Waals surface area contributed by atoms with Gasteiger partial charge in [0.05, 0.1) is 7.11 Å². The van der Waals surface area contributed by atoms with Gasteiger partial charge < -0.3 is 15.5 Å².